The predicted molar refractivity (Wildman–Crippen MR) is 135 cm³/mol. The van der Waals surface area contributed by atoms with Crippen molar-refractivity contribution in [3.8, 4) is 0 Å². The molecule has 34 heavy (non-hydrogen) atoms. The van der Waals surface area contributed by atoms with Crippen LogP contribution in [0, 0.1) is 16.7 Å². The van der Waals surface area contributed by atoms with Crippen LogP contribution in [-0.4, -0.2) is 31.6 Å². The van der Waals surface area contributed by atoms with E-state index >= 15 is 0 Å². The van der Waals surface area contributed by atoms with Crippen molar-refractivity contribution in [2.45, 2.75) is 51.2 Å². The van der Waals surface area contributed by atoms with Gasteiger partial charge >= 0.3 is 0 Å². The molecule has 1 saturated carbocycles. The Balaban J connectivity index is 1.17. The summed E-state index contributed by atoms with van der Waals surface area (Å²) < 4.78 is 13.1. The van der Waals surface area contributed by atoms with Gasteiger partial charge in [-0.05, 0) is 92.1 Å². The van der Waals surface area contributed by atoms with Crippen LogP contribution in [-0.2, 0) is 11.5 Å². The first-order valence-corrected chi connectivity index (χ1v) is 12.5. The Kier molecular flexibility index (Phi) is 8.38. The molecule has 0 unspecified atom stereocenters. The van der Waals surface area contributed by atoms with Crippen molar-refractivity contribution in [1.82, 2.24) is 5.32 Å². The minimum atomic E-state index is -0.719. The molecule has 182 valence electrons. The smallest absolute Gasteiger partial charge is 0.223 e. The largest absolute Gasteiger partial charge is 0.382 e. The van der Waals surface area contributed by atoms with Gasteiger partial charge in [-0.25, -0.2) is 4.39 Å². The van der Waals surface area contributed by atoms with E-state index in [0.29, 0.717) is 11.5 Å². The van der Waals surface area contributed by atoms with E-state index in [0.717, 1.165) is 68.9 Å². The third-order valence-corrected chi connectivity index (χ3v) is 7.41. The van der Waals surface area contributed by atoms with E-state index < -0.39 is 6.67 Å². The lowest BCUT2D eigenvalue weighted by Gasteiger charge is -2.34. The van der Waals surface area contributed by atoms with Crippen LogP contribution in [0.15, 0.2) is 47.6 Å². The highest BCUT2D eigenvalue weighted by Crippen LogP contribution is 2.30. The molecule has 2 fully saturated rings. The number of hydrogen-bond acceptors (Lipinski definition) is 5. The van der Waals surface area contributed by atoms with Crippen LogP contribution in [0.3, 0.4) is 0 Å². The highest BCUT2D eigenvalue weighted by molar-refractivity contribution is 6.30. The molecule has 2 aromatic rings. The lowest BCUT2D eigenvalue weighted by Crippen LogP contribution is -2.41. The van der Waals surface area contributed by atoms with Gasteiger partial charge in [-0.15, -0.1) is 4.91 Å². The van der Waals surface area contributed by atoms with Gasteiger partial charge in [0.05, 0.1) is 0 Å². The average Bonchev–Trinajstić information content (AvgIpc) is 2.88. The van der Waals surface area contributed by atoms with Crippen molar-refractivity contribution in [2.24, 2.45) is 17.0 Å². The van der Waals surface area contributed by atoms with Crippen LogP contribution in [0.5, 0.6) is 0 Å². The number of nitrogens with one attached hydrogen (secondary N) is 2. The Labute approximate surface area is 205 Å². The summed E-state index contributed by atoms with van der Waals surface area (Å²) in [6.45, 7) is 2.01. The topological polar surface area (TPSA) is 73.8 Å². The first-order chi connectivity index (χ1) is 16.6. The quantitative estimate of drug-likeness (QED) is 0.435. The Hall–Kier alpha value is -2.67. The number of anilines is 2. The van der Waals surface area contributed by atoms with Crippen molar-refractivity contribution in [3.05, 3.63) is 58.0 Å². The van der Waals surface area contributed by atoms with Gasteiger partial charge in [-0.3, -0.25) is 4.79 Å². The number of halogens is 2. The first kappa shape index (κ1) is 24.5. The summed E-state index contributed by atoms with van der Waals surface area (Å²) in [4.78, 5) is 25.9. The third-order valence-electron chi connectivity index (χ3n) is 7.16. The number of amides is 1. The number of hydrogen-bond donors (Lipinski definition) is 2. The molecule has 4 rings (SSSR count). The molecule has 1 aliphatic carbocycles. The number of nitroso groups, excluding NO2 is 1. The SMILES string of the molecule is O=Nc1ccc(NC2CCC(C(=O)NCC3CCN(c4ccc(Cl)cc4)CC3)CC2)cc1CF. The monoisotopic (exact) mass is 486 g/mol. The second-order valence-corrected chi connectivity index (χ2v) is 9.85. The maximum Gasteiger partial charge on any atom is 0.223 e. The number of carbonyl (C=O) groups excluding carboxylic acids is 1. The van der Waals surface area contributed by atoms with E-state index in [1.807, 2.05) is 12.1 Å². The molecule has 0 radical (unpaired) electrons. The molecular formula is C26H32ClFN4O2. The van der Waals surface area contributed by atoms with E-state index in [9.17, 15) is 14.1 Å². The van der Waals surface area contributed by atoms with Gasteiger partial charge in [0, 0.05) is 53.6 Å². The fourth-order valence-electron chi connectivity index (χ4n) is 5.04. The molecule has 1 aliphatic heterocycles. The maximum atomic E-state index is 13.1. The van der Waals surface area contributed by atoms with Gasteiger partial charge in [0.1, 0.15) is 12.4 Å². The molecule has 2 N–H and O–H groups in total. The molecule has 2 aromatic carbocycles. The Morgan fingerprint density at radius 3 is 2.38 bits per heavy atom. The van der Waals surface area contributed by atoms with Crippen LogP contribution in [0.1, 0.15) is 44.1 Å². The number of piperidine rings is 1. The molecular weight excluding hydrogens is 455 g/mol. The predicted octanol–water partition coefficient (Wildman–Crippen LogP) is 6.21. The summed E-state index contributed by atoms with van der Waals surface area (Å²) in [5, 5.41) is 10.2. The minimum absolute atomic E-state index is 0.0512. The van der Waals surface area contributed by atoms with Crippen molar-refractivity contribution in [1.29, 1.82) is 0 Å². The van der Waals surface area contributed by atoms with Crippen LogP contribution >= 0.6 is 11.6 Å². The van der Waals surface area contributed by atoms with E-state index in [4.69, 9.17) is 11.6 Å². The maximum absolute atomic E-state index is 13.1. The number of benzene rings is 2. The van der Waals surface area contributed by atoms with Crippen LogP contribution < -0.4 is 15.5 Å². The molecule has 1 amide bonds. The number of rotatable bonds is 8. The Morgan fingerprint density at radius 1 is 1.03 bits per heavy atom. The Bertz CT molecular complexity index is 971. The summed E-state index contributed by atoms with van der Waals surface area (Å²) in [5.74, 6) is 0.731. The van der Waals surface area contributed by atoms with Crippen molar-refractivity contribution >= 4 is 34.6 Å². The van der Waals surface area contributed by atoms with Gasteiger partial charge in [0.2, 0.25) is 5.91 Å². The highest BCUT2D eigenvalue weighted by Gasteiger charge is 2.27. The summed E-state index contributed by atoms with van der Waals surface area (Å²) in [7, 11) is 0. The molecule has 0 bridgehead atoms. The zero-order valence-corrected chi connectivity index (χ0v) is 20.1. The van der Waals surface area contributed by atoms with Crippen molar-refractivity contribution in [2.75, 3.05) is 29.9 Å². The Morgan fingerprint density at radius 2 is 1.74 bits per heavy atom. The lowest BCUT2D eigenvalue weighted by atomic mass is 9.85. The van der Waals surface area contributed by atoms with E-state index in [2.05, 4.69) is 32.8 Å². The molecule has 6 nitrogen and oxygen atoms in total. The second-order valence-electron chi connectivity index (χ2n) is 9.41. The van der Waals surface area contributed by atoms with Gasteiger partial charge in [-0.1, -0.05) is 11.6 Å². The molecule has 8 heteroatoms. The van der Waals surface area contributed by atoms with Gasteiger partial charge < -0.3 is 15.5 Å². The van der Waals surface area contributed by atoms with E-state index in [-0.39, 0.29) is 23.6 Å². The second kappa shape index (κ2) is 11.6. The van der Waals surface area contributed by atoms with E-state index in [1.54, 1.807) is 18.2 Å². The molecule has 0 aromatic heterocycles. The molecule has 0 atom stereocenters. The van der Waals surface area contributed by atoms with Crippen LogP contribution in [0.2, 0.25) is 5.02 Å². The number of carbonyl (C=O) groups is 1. The minimum Gasteiger partial charge on any atom is -0.382 e. The van der Waals surface area contributed by atoms with Gasteiger partial charge in [-0.2, -0.15) is 0 Å². The molecule has 2 aliphatic rings. The lowest BCUT2D eigenvalue weighted by molar-refractivity contribution is -0.126. The summed E-state index contributed by atoms with van der Waals surface area (Å²) in [6.07, 6.45) is 5.58. The van der Waals surface area contributed by atoms with Gasteiger partial charge in [0.15, 0.2) is 0 Å². The zero-order valence-electron chi connectivity index (χ0n) is 19.3. The standard InChI is InChI=1S/C26H32ClFN4O2/c27-21-3-8-24(9-4-21)32-13-11-18(12-14-32)17-29-26(33)19-1-5-22(6-2-19)30-23-7-10-25(31-34)20(15-23)16-28/h3-4,7-10,15,18-19,22,30H,1-2,5-6,11-14,16-17H2,(H,29,33). The summed E-state index contributed by atoms with van der Waals surface area (Å²) in [5.41, 5.74) is 2.43. The fourth-order valence-corrected chi connectivity index (χ4v) is 5.17. The van der Waals surface area contributed by atoms with Gasteiger partial charge in [0.25, 0.3) is 0 Å². The first-order valence-electron chi connectivity index (χ1n) is 12.1. The van der Waals surface area contributed by atoms with Crippen molar-refractivity contribution in [3.63, 3.8) is 0 Å². The number of nitrogens with zero attached hydrogens (tertiary/aromatic N) is 2. The van der Waals surface area contributed by atoms with E-state index in [1.165, 1.54) is 5.69 Å². The fraction of sp³-hybridized carbons (Fsp3) is 0.500. The van der Waals surface area contributed by atoms with Crippen LogP contribution in [0.25, 0.3) is 0 Å². The zero-order chi connectivity index (χ0) is 23.9. The van der Waals surface area contributed by atoms with Crippen molar-refractivity contribution < 1.29 is 9.18 Å². The highest BCUT2D eigenvalue weighted by atomic mass is 35.5. The summed E-state index contributed by atoms with van der Waals surface area (Å²) in [6, 6.07) is 13.2. The third kappa shape index (κ3) is 6.26. The molecule has 1 heterocycles. The van der Waals surface area contributed by atoms with Crippen LogP contribution in [0.4, 0.5) is 21.5 Å². The average molecular weight is 487 g/mol. The molecule has 0 spiro atoms. The molecule has 1 saturated heterocycles. The normalized spacial score (nSPS) is 21.2. The number of alkyl halides is 1. The summed E-state index contributed by atoms with van der Waals surface area (Å²) >= 11 is 5.99.